The maximum atomic E-state index is 9.21. The normalized spacial score (nSPS) is 20.1. The molecule has 0 aliphatic heterocycles. The van der Waals surface area contributed by atoms with Gasteiger partial charge in [-0.3, -0.25) is 0 Å². The zero-order valence-corrected chi connectivity index (χ0v) is 9.98. The second kappa shape index (κ2) is 7.55. The van der Waals surface area contributed by atoms with Crippen LogP contribution in [-0.4, -0.2) is 35.3 Å². The van der Waals surface area contributed by atoms with Gasteiger partial charge in [0.25, 0.3) is 0 Å². The number of nitrogens with one attached hydrogen (secondary N) is 1. The summed E-state index contributed by atoms with van der Waals surface area (Å²) in [4.78, 5) is 0. The van der Waals surface area contributed by atoms with E-state index >= 15 is 0 Å². The predicted molar refractivity (Wildman–Crippen MR) is 63.9 cm³/mol. The lowest BCUT2D eigenvalue weighted by atomic mass is 10.2. The van der Waals surface area contributed by atoms with Gasteiger partial charge in [-0.25, -0.2) is 0 Å². The molecule has 0 aromatic heterocycles. The molecule has 0 radical (unpaired) electrons. The van der Waals surface area contributed by atoms with Crippen LogP contribution in [-0.2, 0) is 0 Å². The van der Waals surface area contributed by atoms with Crippen LogP contribution in [0.3, 0.4) is 0 Å². The van der Waals surface area contributed by atoms with Crippen LogP contribution >= 0.6 is 11.8 Å². The monoisotopic (exact) mass is 217 g/mol. The van der Waals surface area contributed by atoms with E-state index in [0.717, 1.165) is 6.42 Å². The zero-order chi connectivity index (χ0) is 10.2. The van der Waals surface area contributed by atoms with E-state index in [1.807, 2.05) is 11.8 Å². The van der Waals surface area contributed by atoms with Crippen molar-refractivity contribution in [1.82, 2.24) is 5.32 Å². The van der Waals surface area contributed by atoms with Gasteiger partial charge in [0.15, 0.2) is 0 Å². The Kier molecular flexibility index (Phi) is 6.65. The molecular formula is C11H23NOS. The first-order valence-electron chi connectivity index (χ1n) is 5.81. The Morgan fingerprint density at radius 2 is 2.14 bits per heavy atom. The van der Waals surface area contributed by atoms with Crippen LogP contribution in [0.4, 0.5) is 0 Å². The Morgan fingerprint density at radius 1 is 1.43 bits per heavy atom. The Bertz CT molecular complexity index is 137. The Balaban J connectivity index is 2.10. The van der Waals surface area contributed by atoms with Gasteiger partial charge in [0.2, 0.25) is 0 Å². The van der Waals surface area contributed by atoms with E-state index in [4.69, 9.17) is 0 Å². The largest absolute Gasteiger partial charge is 0.395 e. The van der Waals surface area contributed by atoms with Crippen molar-refractivity contribution in [2.45, 2.75) is 51.1 Å². The number of aliphatic hydroxyl groups is 1. The van der Waals surface area contributed by atoms with Crippen LogP contribution in [0.1, 0.15) is 39.0 Å². The first kappa shape index (κ1) is 12.3. The third-order valence-electron chi connectivity index (χ3n) is 2.86. The Morgan fingerprint density at radius 3 is 2.71 bits per heavy atom. The molecule has 84 valence electrons. The molecule has 1 unspecified atom stereocenters. The summed E-state index contributed by atoms with van der Waals surface area (Å²) in [6.07, 6.45) is 6.43. The molecule has 1 aliphatic carbocycles. The molecule has 1 atom stereocenters. The second-order valence-electron chi connectivity index (χ2n) is 4.01. The second-order valence-corrected chi connectivity index (χ2v) is 5.41. The summed E-state index contributed by atoms with van der Waals surface area (Å²) in [5.74, 6) is 2.35. The van der Waals surface area contributed by atoms with Crippen LogP contribution < -0.4 is 5.32 Å². The van der Waals surface area contributed by atoms with Crippen LogP contribution in [0.15, 0.2) is 0 Å². The fourth-order valence-corrected chi connectivity index (χ4v) is 2.76. The summed E-state index contributed by atoms with van der Waals surface area (Å²) in [7, 11) is 0. The van der Waals surface area contributed by atoms with Crippen LogP contribution in [0.25, 0.3) is 0 Å². The van der Waals surface area contributed by atoms with E-state index in [-0.39, 0.29) is 0 Å². The minimum atomic E-state index is 0.292. The molecule has 0 aromatic carbocycles. The van der Waals surface area contributed by atoms with Crippen molar-refractivity contribution >= 4 is 11.8 Å². The molecule has 1 fully saturated rings. The molecule has 1 aliphatic rings. The summed E-state index contributed by atoms with van der Waals surface area (Å²) in [6, 6.07) is 1.01. The Hall–Kier alpha value is 0.270. The highest BCUT2D eigenvalue weighted by Crippen LogP contribution is 2.18. The summed E-state index contributed by atoms with van der Waals surface area (Å²) < 4.78 is 0. The average molecular weight is 217 g/mol. The highest BCUT2D eigenvalue weighted by Gasteiger charge is 2.18. The first-order valence-corrected chi connectivity index (χ1v) is 6.97. The van der Waals surface area contributed by atoms with Crippen molar-refractivity contribution in [3.05, 3.63) is 0 Å². The highest BCUT2D eigenvalue weighted by atomic mass is 32.2. The Labute approximate surface area is 91.9 Å². The summed E-state index contributed by atoms with van der Waals surface area (Å²) in [5.41, 5.74) is 0. The highest BCUT2D eigenvalue weighted by molar-refractivity contribution is 7.99. The topological polar surface area (TPSA) is 32.3 Å². The molecule has 0 bridgehead atoms. The fourth-order valence-electron chi connectivity index (χ4n) is 2.02. The summed E-state index contributed by atoms with van der Waals surface area (Å²) in [5, 5.41) is 12.8. The molecule has 1 saturated carbocycles. The summed E-state index contributed by atoms with van der Waals surface area (Å²) >= 11 is 1.96. The molecule has 0 heterocycles. The number of rotatable bonds is 7. The van der Waals surface area contributed by atoms with Gasteiger partial charge in [0.05, 0.1) is 6.61 Å². The first-order chi connectivity index (χ1) is 6.86. The van der Waals surface area contributed by atoms with Crippen molar-refractivity contribution in [2.24, 2.45) is 0 Å². The molecule has 0 saturated heterocycles. The van der Waals surface area contributed by atoms with E-state index < -0.39 is 0 Å². The third kappa shape index (κ3) is 4.67. The van der Waals surface area contributed by atoms with E-state index in [1.54, 1.807) is 0 Å². The lowest BCUT2D eigenvalue weighted by Gasteiger charge is -2.20. The quantitative estimate of drug-likeness (QED) is 0.640. The van der Waals surface area contributed by atoms with E-state index in [9.17, 15) is 5.11 Å². The van der Waals surface area contributed by atoms with Gasteiger partial charge in [-0.1, -0.05) is 19.8 Å². The van der Waals surface area contributed by atoms with Gasteiger partial charge in [-0.2, -0.15) is 11.8 Å². The van der Waals surface area contributed by atoms with Gasteiger partial charge in [0.1, 0.15) is 0 Å². The van der Waals surface area contributed by atoms with E-state index in [2.05, 4.69) is 12.2 Å². The molecule has 2 nitrogen and oxygen atoms in total. The molecule has 0 aromatic rings. The molecule has 0 amide bonds. The molecule has 1 rings (SSSR count). The van der Waals surface area contributed by atoms with Crippen molar-refractivity contribution in [2.75, 3.05) is 18.1 Å². The van der Waals surface area contributed by atoms with Crippen LogP contribution in [0, 0.1) is 0 Å². The van der Waals surface area contributed by atoms with Gasteiger partial charge < -0.3 is 10.4 Å². The van der Waals surface area contributed by atoms with Crippen LogP contribution in [0.5, 0.6) is 0 Å². The van der Waals surface area contributed by atoms with Crippen molar-refractivity contribution in [3.8, 4) is 0 Å². The van der Waals surface area contributed by atoms with Crippen molar-refractivity contribution < 1.29 is 5.11 Å². The minimum absolute atomic E-state index is 0.292. The van der Waals surface area contributed by atoms with Gasteiger partial charge in [-0.15, -0.1) is 0 Å². The molecule has 14 heavy (non-hydrogen) atoms. The SMILES string of the molecule is CCSCCC(CO)NC1CCCC1. The standard InChI is InChI=1S/C11H23NOS/c1-2-14-8-7-11(9-13)12-10-5-3-4-6-10/h10-13H,2-9H2,1H3. The lowest BCUT2D eigenvalue weighted by molar-refractivity contribution is 0.228. The smallest absolute Gasteiger partial charge is 0.0585 e. The van der Waals surface area contributed by atoms with Gasteiger partial charge in [0, 0.05) is 12.1 Å². The molecule has 2 N–H and O–H groups in total. The van der Waals surface area contributed by atoms with E-state index in [1.165, 1.54) is 37.2 Å². The predicted octanol–water partition coefficient (Wildman–Crippen LogP) is 2.02. The third-order valence-corrected chi connectivity index (χ3v) is 3.79. The van der Waals surface area contributed by atoms with Gasteiger partial charge >= 0.3 is 0 Å². The maximum absolute atomic E-state index is 9.21. The zero-order valence-electron chi connectivity index (χ0n) is 9.17. The summed E-state index contributed by atoms with van der Waals surface area (Å²) in [6.45, 7) is 2.48. The molecular weight excluding hydrogens is 194 g/mol. The maximum Gasteiger partial charge on any atom is 0.0585 e. The van der Waals surface area contributed by atoms with E-state index in [0.29, 0.717) is 18.7 Å². The average Bonchev–Trinajstić information content (AvgIpc) is 2.69. The number of hydrogen-bond donors (Lipinski definition) is 2. The fraction of sp³-hybridized carbons (Fsp3) is 1.00. The van der Waals surface area contributed by atoms with Crippen LogP contribution in [0.2, 0.25) is 0 Å². The number of aliphatic hydroxyl groups excluding tert-OH is 1. The number of hydrogen-bond acceptors (Lipinski definition) is 3. The molecule has 0 spiro atoms. The minimum Gasteiger partial charge on any atom is -0.395 e. The molecule has 3 heteroatoms. The van der Waals surface area contributed by atoms with Gasteiger partial charge in [-0.05, 0) is 30.8 Å². The number of thioether (sulfide) groups is 1. The van der Waals surface area contributed by atoms with Crippen molar-refractivity contribution in [1.29, 1.82) is 0 Å². The lowest BCUT2D eigenvalue weighted by Crippen LogP contribution is -2.39. The van der Waals surface area contributed by atoms with Crippen molar-refractivity contribution in [3.63, 3.8) is 0 Å².